The molecule has 186 valence electrons. The summed E-state index contributed by atoms with van der Waals surface area (Å²) in [5.74, 6) is 0. The molecule has 8 aromatic rings. The first-order chi connectivity index (χ1) is 19.9. The summed E-state index contributed by atoms with van der Waals surface area (Å²) >= 11 is 0. The number of fused-ring (bicyclic) bond motifs is 13. The SMILES string of the molecule is c1ccc2c(c1)-c1[nH]c3ccccc3c1-c1ccccc1-c1c-2c2ccccc2n1-c1ccc2ccccc2c1. The van der Waals surface area contributed by atoms with Crippen LogP contribution in [0.5, 0.6) is 0 Å². The van der Waals surface area contributed by atoms with Gasteiger partial charge in [-0.1, -0.05) is 115 Å². The fraction of sp³-hybridized carbons (Fsp3) is 0. The molecule has 0 saturated heterocycles. The Labute approximate surface area is 231 Å². The van der Waals surface area contributed by atoms with Gasteiger partial charge in [-0.15, -0.1) is 0 Å². The summed E-state index contributed by atoms with van der Waals surface area (Å²) in [6.45, 7) is 0. The second kappa shape index (κ2) is 8.08. The Bertz CT molecular complexity index is 2270. The average Bonchev–Trinajstić information content (AvgIpc) is 3.56. The lowest BCUT2D eigenvalue weighted by Gasteiger charge is -2.21. The van der Waals surface area contributed by atoms with E-state index in [-0.39, 0.29) is 0 Å². The van der Waals surface area contributed by atoms with E-state index in [1.807, 2.05) is 0 Å². The van der Waals surface area contributed by atoms with E-state index in [1.54, 1.807) is 0 Å². The summed E-state index contributed by atoms with van der Waals surface area (Å²) in [7, 11) is 0. The molecule has 1 aliphatic carbocycles. The molecule has 2 heterocycles. The maximum absolute atomic E-state index is 3.81. The largest absolute Gasteiger partial charge is 0.354 e. The first-order valence-corrected chi connectivity index (χ1v) is 13.8. The minimum Gasteiger partial charge on any atom is -0.354 e. The molecule has 0 unspecified atom stereocenters. The van der Waals surface area contributed by atoms with Gasteiger partial charge in [0.1, 0.15) is 0 Å². The van der Waals surface area contributed by atoms with Crippen molar-refractivity contribution in [3.63, 3.8) is 0 Å². The van der Waals surface area contributed by atoms with Crippen molar-refractivity contribution in [2.45, 2.75) is 0 Å². The molecule has 2 heteroatoms. The van der Waals surface area contributed by atoms with Crippen LogP contribution < -0.4 is 0 Å². The lowest BCUT2D eigenvalue weighted by atomic mass is 9.85. The second-order valence-corrected chi connectivity index (χ2v) is 10.6. The third-order valence-electron chi connectivity index (χ3n) is 8.49. The van der Waals surface area contributed by atoms with Crippen molar-refractivity contribution >= 4 is 32.6 Å². The number of aromatic amines is 1. The summed E-state index contributed by atoms with van der Waals surface area (Å²) in [6.07, 6.45) is 0. The lowest BCUT2D eigenvalue weighted by Crippen LogP contribution is -2.01. The van der Waals surface area contributed by atoms with E-state index in [2.05, 4.69) is 149 Å². The monoisotopic (exact) mass is 508 g/mol. The zero-order valence-corrected chi connectivity index (χ0v) is 21.7. The lowest BCUT2D eigenvalue weighted by molar-refractivity contribution is 1.14. The summed E-state index contributed by atoms with van der Waals surface area (Å²) in [5, 5.41) is 4.99. The zero-order chi connectivity index (χ0) is 26.2. The molecule has 9 rings (SSSR count). The molecule has 2 nitrogen and oxygen atoms in total. The van der Waals surface area contributed by atoms with E-state index in [9.17, 15) is 0 Å². The minimum atomic E-state index is 1.16. The Kier molecular flexibility index (Phi) is 4.36. The van der Waals surface area contributed by atoms with Crippen molar-refractivity contribution in [3.05, 3.63) is 140 Å². The Morgan fingerprint density at radius 2 is 1.07 bits per heavy atom. The molecule has 0 bridgehead atoms. The number of nitrogens with zero attached hydrogens (tertiary/aromatic N) is 1. The molecule has 40 heavy (non-hydrogen) atoms. The van der Waals surface area contributed by atoms with E-state index >= 15 is 0 Å². The van der Waals surface area contributed by atoms with E-state index in [4.69, 9.17) is 0 Å². The fourth-order valence-electron chi connectivity index (χ4n) is 6.80. The summed E-state index contributed by atoms with van der Waals surface area (Å²) < 4.78 is 2.48. The minimum absolute atomic E-state index is 1.16. The van der Waals surface area contributed by atoms with Crippen LogP contribution in [0, 0.1) is 0 Å². The molecule has 0 spiro atoms. The topological polar surface area (TPSA) is 20.7 Å². The van der Waals surface area contributed by atoms with Crippen LogP contribution in [0.3, 0.4) is 0 Å². The molecular weight excluding hydrogens is 484 g/mol. The van der Waals surface area contributed by atoms with Gasteiger partial charge in [0.25, 0.3) is 0 Å². The molecule has 0 fully saturated rings. The number of para-hydroxylation sites is 2. The van der Waals surface area contributed by atoms with Crippen LogP contribution in [0.25, 0.3) is 83.0 Å². The number of aromatic nitrogens is 2. The molecular formula is C38H24N2. The van der Waals surface area contributed by atoms with Gasteiger partial charge in [0.05, 0.1) is 16.9 Å². The number of nitrogens with one attached hydrogen (secondary N) is 1. The molecule has 2 aromatic heterocycles. The van der Waals surface area contributed by atoms with Crippen molar-refractivity contribution in [1.82, 2.24) is 9.55 Å². The van der Waals surface area contributed by atoms with Crippen LogP contribution in [0.2, 0.25) is 0 Å². The van der Waals surface area contributed by atoms with Gasteiger partial charge in [-0.3, -0.25) is 0 Å². The number of hydrogen-bond donors (Lipinski definition) is 1. The summed E-state index contributed by atoms with van der Waals surface area (Å²) in [5.41, 5.74) is 13.4. The number of rotatable bonds is 1. The maximum Gasteiger partial charge on any atom is 0.0625 e. The van der Waals surface area contributed by atoms with E-state index < -0.39 is 0 Å². The van der Waals surface area contributed by atoms with Gasteiger partial charge in [0, 0.05) is 44.2 Å². The van der Waals surface area contributed by atoms with Gasteiger partial charge >= 0.3 is 0 Å². The van der Waals surface area contributed by atoms with E-state index in [0.717, 1.165) is 5.52 Å². The van der Waals surface area contributed by atoms with Crippen molar-refractivity contribution < 1.29 is 0 Å². The first-order valence-electron chi connectivity index (χ1n) is 13.8. The number of hydrogen-bond acceptors (Lipinski definition) is 0. The Morgan fingerprint density at radius 1 is 0.450 bits per heavy atom. The van der Waals surface area contributed by atoms with Crippen LogP contribution in [0.15, 0.2) is 140 Å². The maximum atomic E-state index is 3.81. The van der Waals surface area contributed by atoms with Gasteiger partial charge in [0.2, 0.25) is 0 Å². The smallest absolute Gasteiger partial charge is 0.0625 e. The van der Waals surface area contributed by atoms with Crippen molar-refractivity contribution in [2.75, 3.05) is 0 Å². The predicted octanol–water partition coefficient (Wildman–Crippen LogP) is 10.2. The van der Waals surface area contributed by atoms with E-state index in [0.29, 0.717) is 0 Å². The van der Waals surface area contributed by atoms with Crippen LogP contribution in [-0.4, -0.2) is 9.55 Å². The van der Waals surface area contributed by atoms with Gasteiger partial charge in [-0.05, 0) is 46.2 Å². The van der Waals surface area contributed by atoms with Crippen molar-refractivity contribution in [3.8, 4) is 50.5 Å². The molecule has 6 aromatic carbocycles. The highest BCUT2D eigenvalue weighted by atomic mass is 15.0. The molecule has 0 saturated carbocycles. The molecule has 0 radical (unpaired) electrons. The Hall–Kier alpha value is -5.34. The number of benzene rings is 6. The summed E-state index contributed by atoms with van der Waals surface area (Å²) in [4.78, 5) is 3.81. The second-order valence-electron chi connectivity index (χ2n) is 10.6. The number of H-pyrrole nitrogens is 1. The van der Waals surface area contributed by atoms with Crippen molar-refractivity contribution in [2.24, 2.45) is 0 Å². The standard InChI is InChI=1S/C38H24N2/c1-2-12-25-23-26(22-21-24(25)11-1)40-34-20-10-8-18-32(34)36-27-13-3-5-15-29(27)37-35(31-17-7-9-19-33(31)39-37)28-14-4-6-16-30(28)38(36)40/h1-23,39H. The van der Waals surface area contributed by atoms with Crippen LogP contribution >= 0.6 is 0 Å². The highest BCUT2D eigenvalue weighted by Crippen LogP contribution is 2.53. The third kappa shape index (κ3) is 2.88. The fourth-order valence-corrected chi connectivity index (χ4v) is 6.80. The van der Waals surface area contributed by atoms with Gasteiger partial charge in [-0.25, -0.2) is 0 Å². The highest BCUT2D eigenvalue weighted by molar-refractivity contribution is 6.16. The van der Waals surface area contributed by atoms with Crippen molar-refractivity contribution in [1.29, 1.82) is 0 Å². The van der Waals surface area contributed by atoms with Gasteiger partial charge in [0.15, 0.2) is 0 Å². The highest BCUT2D eigenvalue weighted by Gasteiger charge is 2.29. The van der Waals surface area contributed by atoms with E-state index in [1.165, 1.54) is 77.5 Å². The Morgan fingerprint density at radius 3 is 1.93 bits per heavy atom. The van der Waals surface area contributed by atoms with Crippen LogP contribution in [0.1, 0.15) is 0 Å². The summed E-state index contributed by atoms with van der Waals surface area (Å²) in [6, 6.07) is 50.8. The van der Waals surface area contributed by atoms with Crippen LogP contribution in [-0.2, 0) is 0 Å². The quantitative estimate of drug-likeness (QED) is 0.228. The van der Waals surface area contributed by atoms with Gasteiger partial charge < -0.3 is 9.55 Å². The molecule has 1 N–H and O–H groups in total. The zero-order valence-electron chi connectivity index (χ0n) is 21.7. The molecule has 0 aliphatic heterocycles. The third-order valence-corrected chi connectivity index (χ3v) is 8.49. The first kappa shape index (κ1) is 21.6. The van der Waals surface area contributed by atoms with Crippen LogP contribution in [0.4, 0.5) is 0 Å². The molecule has 0 atom stereocenters. The van der Waals surface area contributed by atoms with Gasteiger partial charge in [-0.2, -0.15) is 0 Å². The Balaban J connectivity index is 1.51. The average molecular weight is 509 g/mol. The molecule has 1 aliphatic rings. The normalized spacial score (nSPS) is 12.0. The predicted molar refractivity (Wildman–Crippen MR) is 168 cm³/mol. The molecule has 0 amide bonds.